The van der Waals surface area contributed by atoms with E-state index < -0.39 is 20.0 Å². The van der Waals surface area contributed by atoms with E-state index >= 15 is 0 Å². The van der Waals surface area contributed by atoms with Gasteiger partial charge in [-0.25, -0.2) is 22.0 Å². The summed E-state index contributed by atoms with van der Waals surface area (Å²) in [7, 11) is -7.91. The highest BCUT2D eigenvalue weighted by molar-refractivity contribution is 7.92. The lowest BCUT2D eigenvalue weighted by molar-refractivity contribution is -0.140. The minimum Gasteiger partial charge on any atom is -0.280 e. The van der Waals surface area contributed by atoms with Crippen LogP contribution in [0.2, 0.25) is 0 Å². The number of amides is 2. The molecule has 3 N–H and O–H groups in total. The van der Waals surface area contributed by atoms with Gasteiger partial charge in [0.15, 0.2) is 0 Å². The maximum absolute atomic E-state index is 13.0. The second-order valence-electron chi connectivity index (χ2n) is 8.53. The summed E-state index contributed by atoms with van der Waals surface area (Å²) < 4.78 is 51.3. The average molecular weight is 492 g/mol. The number of nitrogens with two attached hydrogens (primary N) is 1. The van der Waals surface area contributed by atoms with Crippen LogP contribution in [-0.2, 0) is 36.2 Å². The Balaban J connectivity index is 1.56. The van der Waals surface area contributed by atoms with Gasteiger partial charge in [0.2, 0.25) is 21.8 Å². The van der Waals surface area contributed by atoms with Crippen molar-refractivity contribution in [3.05, 3.63) is 53.6 Å². The van der Waals surface area contributed by atoms with E-state index in [2.05, 4.69) is 4.72 Å². The fourth-order valence-corrected chi connectivity index (χ4v) is 6.39. The van der Waals surface area contributed by atoms with E-state index in [1.807, 2.05) is 0 Å². The molecule has 33 heavy (non-hydrogen) atoms. The fourth-order valence-electron chi connectivity index (χ4n) is 4.52. The number of aryl methyl sites for hydroxylation is 1. The van der Waals surface area contributed by atoms with Crippen molar-refractivity contribution in [2.45, 2.75) is 48.9 Å². The maximum atomic E-state index is 13.0. The summed E-state index contributed by atoms with van der Waals surface area (Å²) in [6.07, 6.45) is 3.30. The van der Waals surface area contributed by atoms with Gasteiger partial charge in [0, 0.05) is 5.69 Å². The molecule has 176 valence electrons. The number of fused-ring (bicyclic) bond motifs is 1. The summed E-state index contributed by atoms with van der Waals surface area (Å²) in [5.41, 5.74) is 1.19. The Labute approximate surface area is 193 Å². The molecule has 1 aliphatic heterocycles. The molecule has 2 aliphatic rings. The second kappa shape index (κ2) is 8.54. The van der Waals surface area contributed by atoms with E-state index in [1.165, 1.54) is 35.2 Å². The predicted octanol–water partition coefficient (Wildman–Crippen LogP) is 2.12. The second-order valence-corrected chi connectivity index (χ2v) is 11.7. The first-order valence-electron chi connectivity index (χ1n) is 10.6. The topological polar surface area (TPSA) is 144 Å². The highest BCUT2D eigenvalue weighted by atomic mass is 32.2. The number of likely N-dealkylation sites (tertiary alicyclic amines) is 1. The highest BCUT2D eigenvalue weighted by Gasteiger charge is 2.47. The zero-order chi connectivity index (χ0) is 24.0. The fraction of sp³-hybridized carbons (Fsp3) is 0.364. The monoisotopic (exact) mass is 491 g/mol. The lowest BCUT2D eigenvalue weighted by atomic mass is 9.81. The van der Waals surface area contributed by atoms with Crippen LogP contribution in [-0.4, -0.2) is 33.5 Å². The molecule has 2 unspecified atom stereocenters. The molecular formula is C22H25N3O6S2. The van der Waals surface area contributed by atoms with Crippen molar-refractivity contribution in [2.24, 2.45) is 17.0 Å². The molecule has 2 amide bonds. The number of sulfonamides is 2. The van der Waals surface area contributed by atoms with Crippen molar-refractivity contribution in [2.75, 3.05) is 4.72 Å². The van der Waals surface area contributed by atoms with Gasteiger partial charge in [-0.15, -0.1) is 0 Å². The zero-order valence-corrected chi connectivity index (χ0v) is 19.7. The van der Waals surface area contributed by atoms with Crippen LogP contribution in [0.15, 0.2) is 52.3 Å². The molecule has 0 spiro atoms. The van der Waals surface area contributed by atoms with E-state index in [-0.39, 0.29) is 45.7 Å². The average Bonchev–Trinajstić information content (AvgIpc) is 2.99. The van der Waals surface area contributed by atoms with Crippen molar-refractivity contribution >= 4 is 37.5 Å². The molecule has 9 nitrogen and oxygen atoms in total. The van der Waals surface area contributed by atoms with E-state index in [9.17, 15) is 26.4 Å². The lowest BCUT2D eigenvalue weighted by Crippen LogP contribution is -2.30. The Morgan fingerprint density at radius 2 is 1.52 bits per heavy atom. The standard InChI is InChI=1S/C22H25N3O6S2/c1-14-6-7-15(13-25-21(26)18-4-2-3-5-19(18)22(25)27)12-20(14)33(30,31)24-16-8-10-17(11-9-16)32(23,28)29/h6-12,18-19,24H,2-5,13H2,1H3,(H2,23,28,29). The molecule has 0 radical (unpaired) electrons. The molecule has 1 aliphatic carbocycles. The van der Waals surface area contributed by atoms with Crippen LogP contribution in [0.1, 0.15) is 36.8 Å². The first-order chi connectivity index (χ1) is 15.5. The third-order valence-corrected chi connectivity index (χ3v) is 8.70. The van der Waals surface area contributed by atoms with Gasteiger partial charge in [0.1, 0.15) is 0 Å². The Morgan fingerprint density at radius 3 is 2.06 bits per heavy atom. The van der Waals surface area contributed by atoms with Crippen molar-refractivity contribution in [3.8, 4) is 0 Å². The minimum absolute atomic E-state index is 0.00651. The number of carbonyl (C=O) groups excluding carboxylic acids is 2. The Hall–Kier alpha value is -2.76. The number of carbonyl (C=O) groups is 2. The van der Waals surface area contributed by atoms with Gasteiger partial charge in [-0.2, -0.15) is 0 Å². The van der Waals surface area contributed by atoms with Gasteiger partial charge in [-0.3, -0.25) is 19.2 Å². The number of primary sulfonamides is 1. The number of hydrogen-bond acceptors (Lipinski definition) is 6. The summed E-state index contributed by atoms with van der Waals surface area (Å²) in [6.45, 7) is 1.67. The normalized spacial score (nSPS) is 21.2. The van der Waals surface area contributed by atoms with Crippen molar-refractivity contribution in [1.82, 2.24) is 4.90 Å². The molecule has 2 atom stereocenters. The van der Waals surface area contributed by atoms with Gasteiger partial charge in [-0.05, 0) is 61.2 Å². The third-order valence-electron chi connectivity index (χ3n) is 6.25. The first-order valence-corrected chi connectivity index (χ1v) is 13.6. The molecule has 2 aromatic carbocycles. The molecule has 1 saturated carbocycles. The number of anilines is 1. The summed E-state index contributed by atoms with van der Waals surface area (Å²) in [6, 6.07) is 9.82. The predicted molar refractivity (Wildman–Crippen MR) is 121 cm³/mol. The smallest absolute Gasteiger partial charge is 0.262 e. The van der Waals surface area contributed by atoms with Crippen LogP contribution in [0.25, 0.3) is 0 Å². The maximum Gasteiger partial charge on any atom is 0.262 e. The van der Waals surface area contributed by atoms with Crippen LogP contribution in [0.5, 0.6) is 0 Å². The molecule has 4 rings (SSSR count). The van der Waals surface area contributed by atoms with Crippen LogP contribution in [0, 0.1) is 18.8 Å². The summed E-state index contributed by atoms with van der Waals surface area (Å²) in [4.78, 5) is 26.7. The van der Waals surface area contributed by atoms with Gasteiger partial charge in [0.25, 0.3) is 10.0 Å². The number of nitrogens with one attached hydrogen (secondary N) is 1. The number of hydrogen-bond donors (Lipinski definition) is 2. The SMILES string of the molecule is Cc1ccc(CN2C(=O)C3CCCCC3C2=O)cc1S(=O)(=O)Nc1ccc(S(N)(=O)=O)cc1. The highest BCUT2D eigenvalue weighted by Crippen LogP contribution is 2.38. The molecule has 0 aromatic heterocycles. The van der Waals surface area contributed by atoms with E-state index in [1.54, 1.807) is 19.1 Å². The number of imide groups is 1. The summed E-state index contributed by atoms with van der Waals surface area (Å²) in [5.74, 6) is -0.880. The van der Waals surface area contributed by atoms with Crippen molar-refractivity contribution < 1.29 is 26.4 Å². The Bertz CT molecular complexity index is 1300. The molecular weight excluding hydrogens is 466 g/mol. The molecule has 1 heterocycles. The van der Waals surface area contributed by atoms with Gasteiger partial charge < -0.3 is 0 Å². The number of nitrogens with zero attached hydrogens (tertiary/aromatic N) is 1. The van der Waals surface area contributed by atoms with E-state index in [0.29, 0.717) is 24.0 Å². The Morgan fingerprint density at radius 1 is 0.939 bits per heavy atom. The quantitative estimate of drug-likeness (QED) is 0.592. The summed E-state index contributed by atoms with van der Waals surface area (Å²) in [5, 5.41) is 5.07. The largest absolute Gasteiger partial charge is 0.280 e. The molecule has 0 bridgehead atoms. The summed E-state index contributed by atoms with van der Waals surface area (Å²) >= 11 is 0. The third kappa shape index (κ3) is 4.66. The van der Waals surface area contributed by atoms with Gasteiger partial charge in [0.05, 0.1) is 28.2 Å². The molecule has 11 heteroatoms. The lowest BCUT2D eigenvalue weighted by Gasteiger charge is -2.19. The van der Waals surface area contributed by atoms with Crippen LogP contribution >= 0.6 is 0 Å². The molecule has 2 fully saturated rings. The minimum atomic E-state index is -4.02. The van der Waals surface area contributed by atoms with Crippen molar-refractivity contribution in [3.63, 3.8) is 0 Å². The van der Waals surface area contributed by atoms with Crippen LogP contribution in [0.4, 0.5) is 5.69 Å². The first kappa shape index (κ1) is 23.4. The van der Waals surface area contributed by atoms with Crippen molar-refractivity contribution in [1.29, 1.82) is 0 Å². The van der Waals surface area contributed by atoms with E-state index in [0.717, 1.165) is 12.8 Å². The van der Waals surface area contributed by atoms with Gasteiger partial charge in [-0.1, -0.05) is 25.0 Å². The number of benzene rings is 2. The van der Waals surface area contributed by atoms with Gasteiger partial charge >= 0.3 is 0 Å². The van der Waals surface area contributed by atoms with Crippen LogP contribution < -0.4 is 9.86 Å². The Kier molecular flexibility index (Phi) is 6.06. The number of rotatable bonds is 6. The van der Waals surface area contributed by atoms with Crippen LogP contribution in [0.3, 0.4) is 0 Å². The van der Waals surface area contributed by atoms with E-state index in [4.69, 9.17) is 5.14 Å². The molecule has 1 saturated heterocycles. The molecule has 2 aromatic rings. The zero-order valence-electron chi connectivity index (χ0n) is 18.0.